The molecule has 1 aliphatic rings. The number of nitrogens with one attached hydrogen (secondary N) is 2. The maximum Gasteiger partial charge on any atom is 0.156 e. The van der Waals surface area contributed by atoms with Gasteiger partial charge in [0.25, 0.3) is 0 Å². The zero-order chi connectivity index (χ0) is 13.3. The lowest BCUT2D eigenvalue weighted by molar-refractivity contribution is -0.0127. The molecule has 0 aliphatic carbocycles. The van der Waals surface area contributed by atoms with Crippen LogP contribution in [0, 0.1) is 0 Å². The van der Waals surface area contributed by atoms with Gasteiger partial charge in [-0.05, 0) is 26.3 Å². The highest BCUT2D eigenvalue weighted by Gasteiger charge is 2.28. The van der Waals surface area contributed by atoms with Gasteiger partial charge >= 0.3 is 0 Å². The molecule has 2 rings (SSSR count). The van der Waals surface area contributed by atoms with Crippen LogP contribution in [0.3, 0.4) is 0 Å². The van der Waals surface area contributed by atoms with E-state index in [1.807, 2.05) is 19.9 Å². The second kappa shape index (κ2) is 5.33. The molecule has 0 radical (unpaired) electrons. The van der Waals surface area contributed by atoms with E-state index in [1.165, 1.54) is 0 Å². The topological polar surface area (TPSA) is 49.9 Å². The van der Waals surface area contributed by atoms with Crippen molar-refractivity contribution < 1.29 is 4.84 Å². The standard InChI is InChI=1S/C11H15Cl2N3OS/c1-4-6(8-9(12)14-15-10(8)13)18-7-5-11(2,3)17-16-7/h5-6,16H,4H2,1-3H3,(H,14,15). The van der Waals surface area contributed by atoms with Gasteiger partial charge in [-0.1, -0.05) is 41.9 Å². The van der Waals surface area contributed by atoms with E-state index in [9.17, 15) is 0 Å². The average molecular weight is 308 g/mol. The number of H-pyrrole nitrogens is 1. The predicted molar refractivity (Wildman–Crippen MR) is 75.6 cm³/mol. The molecule has 1 atom stereocenters. The van der Waals surface area contributed by atoms with Crippen LogP contribution in [0.15, 0.2) is 11.1 Å². The lowest BCUT2D eigenvalue weighted by Crippen LogP contribution is -2.20. The molecule has 0 spiro atoms. The lowest BCUT2D eigenvalue weighted by atomic mass is 10.1. The first-order valence-corrected chi connectivity index (χ1v) is 7.29. The third-order valence-corrected chi connectivity index (χ3v) is 4.45. The summed E-state index contributed by atoms with van der Waals surface area (Å²) < 4.78 is 0. The molecule has 0 fully saturated rings. The van der Waals surface area contributed by atoms with Crippen molar-refractivity contribution in [2.24, 2.45) is 0 Å². The van der Waals surface area contributed by atoms with Gasteiger partial charge < -0.3 is 0 Å². The third-order valence-electron chi connectivity index (χ3n) is 2.57. The summed E-state index contributed by atoms with van der Waals surface area (Å²) in [6, 6.07) is 0. The van der Waals surface area contributed by atoms with Crippen LogP contribution in [0.5, 0.6) is 0 Å². The van der Waals surface area contributed by atoms with E-state index in [4.69, 9.17) is 28.0 Å². The highest BCUT2D eigenvalue weighted by Crippen LogP contribution is 2.43. The molecule has 2 N–H and O–H groups in total. The Hall–Kier alpha value is -0.360. The summed E-state index contributed by atoms with van der Waals surface area (Å²) >= 11 is 13.8. The number of nitrogens with zero attached hydrogens (tertiary/aromatic N) is 1. The number of hydrogen-bond donors (Lipinski definition) is 2. The second-order valence-electron chi connectivity index (χ2n) is 4.57. The average Bonchev–Trinajstić information content (AvgIpc) is 2.80. The van der Waals surface area contributed by atoms with E-state index in [0.717, 1.165) is 17.0 Å². The molecule has 1 aromatic heterocycles. The molecule has 2 heterocycles. The molecule has 0 saturated heterocycles. The van der Waals surface area contributed by atoms with E-state index in [2.05, 4.69) is 22.6 Å². The maximum atomic E-state index is 6.07. The van der Waals surface area contributed by atoms with Crippen molar-refractivity contribution in [3.8, 4) is 0 Å². The maximum absolute atomic E-state index is 6.07. The first-order valence-electron chi connectivity index (χ1n) is 5.65. The monoisotopic (exact) mass is 307 g/mol. The normalized spacial score (nSPS) is 19.5. The quantitative estimate of drug-likeness (QED) is 0.881. The second-order valence-corrected chi connectivity index (χ2v) is 6.55. The van der Waals surface area contributed by atoms with Crippen molar-refractivity contribution in [3.05, 3.63) is 27.0 Å². The summed E-state index contributed by atoms with van der Waals surface area (Å²) in [6.07, 6.45) is 2.94. The minimum absolute atomic E-state index is 0.139. The van der Waals surface area contributed by atoms with Crippen LogP contribution >= 0.6 is 35.0 Å². The lowest BCUT2D eigenvalue weighted by Gasteiger charge is -2.14. The third kappa shape index (κ3) is 2.96. The van der Waals surface area contributed by atoms with Crippen LogP contribution in [-0.4, -0.2) is 15.8 Å². The zero-order valence-corrected chi connectivity index (χ0v) is 12.7. The predicted octanol–water partition coefficient (Wildman–Crippen LogP) is 4.06. The largest absolute Gasteiger partial charge is 0.265 e. The van der Waals surface area contributed by atoms with Gasteiger partial charge in [-0.2, -0.15) is 5.10 Å². The van der Waals surface area contributed by atoms with Gasteiger partial charge in [0.05, 0.1) is 5.03 Å². The Morgan fingerprint density at radius 3 is 2.67 bits per heavy atom. The molecular weight excluding hydrogens is 293 g/mol. The molecule has 4 nitrogen and oxygen atoms in total. The first-order chi connectivity index (χ1) is 8.43. The zero-order valence-electron chi connectivity index (χ0n) is 10.4. The molecule has 100 valence electrons. The number of halogens is 2. The van der Waals surface area contributed by atoms with Crippen molar-refractivity contribution >= 4 is 35.0 Å². The van der Waals surface area contributed by atoms with Gasteiger partial charge in [0, 0.05) is 10.8 Å². The number of hydrogen-bond acceptors (Lipinski definition) is 4. The fraction of sp³-hybridized carbons (Fsp3) is 0.545. The molecule has 1 unspecified atom stereocenters. The molecule has 1 aliphatic heterocycles. The summed E-state index contributed by atoms with van der Waals surface area (Å²) in [4.78, 5) is 5.42. The summed E-state index contributed by atoms with van der Waals surface area (Å²) in [5, 5.41) is 8.64. The molecule has 0 bridgehead atoms. The molecular formula is C11H15Cl2N3OS. The molecule has 0 aromatic carbocycles. The molecule has 1 aromatic rings. The van der Waals surface area contributed by atoms with Gasteiger partial charge in [0.2, 0.25) is 0 Å². The smallest absolute Gasteiger partial charge is 0.156 e. The fourth-order valence-electron chi connectivity index (χ4n) is 1.70. The van der Waals surface area contributed by atoms with Crippen LogP contribution in [-0.2, 0) is 4.84 Å². The van der Waals surface area contributed by atoms with E-state index in [0.29, 0.717) is 10.3 Å². The van der Waals surface area contributed by atoms with Crippen molar-refractivity contribution in [2.75, 3.05) is 0 Å². The van der Waals surface area contributed by atoms with E-state index in [1.54, 1.807) is 11.8 Å². The van der Waals surface area contributed by atoms with E-state index < -0.39 is 0 Å². The van der Waals surface area contributed by atoms with Crippen LogP contribution in [0.25, 0.3) is 0 Å². The summed E-state index contributed by atoms with van der Waals surface area (Å²) in [5.41, 5.74) is 3.48. The first kappa shape index (κ1) is 14.1. The van der Waals surface area contributed by atoms with Gasteiger partial charge in [-0.15, -0.1) is 0 Å². The summed E-state index contributed by atoms with van der Waals surface area (Å²) in [6.45, 7) is 6.07. The Morgan fingerprint density at radius 1 is 1.50 bits per heavy atom. The molecule has 18 heavy (non-hydrogen) atoms. The van der Waals surface area contributed by atoms with Gasteiger partial charge in [-0.25, -0.2) is 0 Å². The van der Waals surface area contributed by atoms with Gasteiger partial charge in [0.1, 0.15) is 10.8 Å². The SMILES string of the molecule is CCC(SC1=CC(C)(C)ON1)c1c(Cl)n[nH]c1Cl. The van der Waals surface area contributed by atoms with Crippen LogP contribution in [0.1, 0.15) is 38.0 Å². The highest BCUT2D eigenvalue weighted by molar-refractivity contribution is 8.03. The minimum atomic E-state index is -0.287. The van der Waals surface area contributed by atoms with Gasteiger partial charge in [-0.3, -0.25) is 15.4 Å². The number of aromatic amines is 1. The number of thioether (sulfide) groups is 1. The number of aromatic nitrogens is 2. The number of hydroxylamine groups is 1. The summed E-state index contributed by atoms with van der Waals surface area (Å²) in [5.74, 6) is 0. The van der Waals surface area contributed by atoms with Crippen LogP contribution in [0.4, 0.5) is 0 Å². The van der Waals surface area contributed by atoms with E-state index in [-0.39, 0.29) is 10.9 Å². The van der Waals surface area contributed by atoms with E-state index >= 15 is 0 Å². The minimum Gasteiger partial charge on any atom is -0.265 e. The van der Waals surface area contributed by atoms with Crippen LogP contribution < -0.4 is 5.48 Å². The number of rotatable bonds is 4. The summed E-state index contributed by atoms with van der Waals surface area (Å²) in [7, 11) is 0. The van der Waals surface area contributed by atoms with Crippen molar-refractivity contribution in [2.45, 2.75) is 38.0 Å². The van der Waals surface area contributed by atoms with Crippen molar-refractivity contribution in [1.29, 1.82) is 0 Å². The van der Waals surface area contributed by atoms with Crippen molar-refractivity contribution in [1.82, 2.24) is 15.7 Å². The molecule has 7 heteroatoms. The Bertz CT molecular complexity index is 453. The molecule has 0 amide bonds. The Balaban J connectivity index is 2.17. The van der Waals surface area contributed by atoms with Crippen molar-refractivity contribution in [3.63, 3.8) is 0 Å². The Labute approximate surface area is 120 Å². The molecule has 0 saturated carbocycles. The fourth-order valence-corrected chi connectivity index (χ4v) is 3.67. The Morgan fingerprint density at radius 2 is 2.22 bits per heavy atom. The highest BCUT2D eigenvalue weighted by atomic mass is 35.5. The Kier molecular flexibility index (Phi) is 4.16. The van der Waals surface area contributed by atoms with Gasteiger partial charge in [0.15, 0.2) is 5.15 Å². The van der Waals surface area contributed by atoms with Crippen LogP contribution in [0.2, 0.25) is 10.3 Å².